The molecule has 3 aliphatic carbocycles. The first-order valence-electron chi connectivity index (χ1n) is 14.0. The van der Waals surface area contributed by atoms with Gasteiger partial charge in [0.05, 0.1) is 19.1 Å². The number of fused-ring (bicyclic) bond motifs is 5. The first kappa shape index (κ1) is 30.5. The Balaban J connectivity index is 2.02. The molecule has 10 heteroatoms. The van der Waals surface area contributed by atoms with Gasteiger partial charge in [-0.2, -0.15) is 0 Å². The average Bonchev–Trinajstić information content (AvgIpc) is 2.83. The van der Waals surface area contributed by atoms with E-state index in [1.165, 1.54) is 20.8 Å². The van der Waals surface area contributed by atoms with E-state index >= 15 is 0 Å². The summed E-state index contributed by atoms with van der Waals surface area (Å²) in [6.45, 7) is 17.6. The second-order valence-electron chi connectivity index (χ2n) is 13.8. The molecule has 1 heterocycles. The molecule has 1 saturated heterocycles. The highest BCUT2D eigenvalue weighted by Crippen LogP contribution is 2.74. The highest BCUT2D eigenvalue weighted by atomic mass is 16.6. The van der Waals surface area contributed by atoms with Gasteiger partial charge in [-0.1, -0.05) is 46.8 Å². The van der Waals surface area contributed by atoms with Crippen LogP contribution in [0, 0.1) is 39.4 Å². The molecule has 4 fully saturated rings. The largest absolute Gasteiger partial charge is 0.466 e. The van der Waals surface area contributed by atoms with Crippen molar-refractivity contribution in [2.24, 2.45) is 39.4 Å². The highest BCUT2D eigenvalue weighted by Gasteiger charge is 2.78. The minimum absolute atomic E-state index is 0.342. The number of cyclic esters (lactones) is 1. The Morgan fingerprint density at radius 3 is 2.10 bits per heavy atom. The van der Waals surface area contributed by atoms with Crippen LogP contribution in [0.4, 0.5) is 0 Å². The lowest BCUT2D eigenvalue weighted by molar-refractivity contribution is -0.308. The van der Waals surface area contributed by atoms with Crippen molar-refractivity contribution >= 4 is 23.9 Å². The maximum absolute atomic E-state index is 14.2. The predicted molar refractivity (Wildman–Crippen MR) is 141 cm³/mol. The zero-order valence-electron chi connectivity index (χ0n) is 25.0. The van der Waals surface area contributed by atoms with Crippen molar-refractivity contribution in [1.29, 1.82) is 0 Å². The van der Waals surface area contributed by atoms with Gasteiger partial charge in [0.15, 0.2) is 0 Å². The van der Waals surface area contributed by atoms with E-state index in [-0.39, 0.29) is 5.92 Å². The van der Waals surface area contributed by atoms with Gasteiger partial charge in [0.2, 0.25) is 5.60 Å². The normalized spacial score (nSPS) is 47.5. The Morgan fingerprint density at radius 2 is 1.57 bits per heavy atom. The molecule has 11 atom stereocenters. The maximum Gasteiger partial charge on any atom is 0.352 e. The quantitative estimate of drug-likeness (QED) is 0.298. The minimum Gasteiger partial charge on any atom is -0.466 e. The molecule has 224 valence electrons. The van der Waals surface area contributed by atoms with E-state index in [2.05, 4.69) is 13.5 Å². The van der Waals surface area contributed by atoms with Crippen LogP contribution in [0.15, 0.2) is 12.2 Å². The smallest absolute Gasteiger partial charge is 0.352 e. The summed E-state index contributed by atoms with van der Waals surface area (Å²) in [5.74, 6) is -4.79. The number of carbonyl (C=O) groups is 4. The van der Waals surface area contributed by atoms with Crippen molar-refractivity contribution in [3.8, 4) is 0 Å². The van der Waals surface area contributed by atoms with Crippen molar-refractivity contribution < 1.29 is 48.3 Å². The van der Waals surface area contributed by atoms with E-state index < -0.39 is 87.4 Å². The zero-order valence-corrected chi connectivity index (χ0v) is 25.0. The number of methoxy groups -OCH3 is 1. The Bertz CT molecular complexity index is 1150. The Hall–Kier alpha value is -2.46. The van der Waals surface area contributed by atoms with Crippen LogP contribution < -0.4 is 0 Å². The van der Waals surface area contributed by atoms with Crippen molar-refractivity contribution in [3.05, 3.63) is 12.2 Å². The van der Waals surface area contributed by atoms with Crippen LogP contribution in [-0.2, 0) is 38.1 Å². The topological polar surface area (TPSA) is 146 Å². The fourth-order valence-corrected chi connectivity index (χ4v) is 9.59. The van der Waals surface area contributed by atoms with Crippen LogP contribution in [0.1, 0.15) is 74.7 Å². The first-order chi connectivity index (χ1) is 18.2. The van der Waals surface area contributed by atoms with Gasteiger partial charge in [0.1, 0.15) is 18.3 Å². The summed E-state index contributed by atoms with van der Waals surface area (Å²) >= 11 is 0. The number of carbonyl (C=O) groups excluding carboxylic acids is 4. The standard InChI is InChI=1S/C30H44O10/c1-14-13-17-27(6)12-11-18(33)26(4,5)20(27)19(38-15(2)31)22(39-16(3)32)29(17,8)21-23(34)40-30(9,25(36)37-10)24(35)28(14,21)7/h17-22,24,33,35H,1,11-13H2,2-10H3/t17-,18+,19-,20+,21-,22+,24-,27-,28+,29-,30-/m1/s1. The number of hydrogen-bond donors (Lipinski definition) is 2. The molecule has 1 aliphatic heterocycles. The van der Waals surface area contributed by atoms with Crippen LogP contribution in [0.25, 0.3) is 0 Å². The molecule has 0 aromatic rings. The Labute approximate surface area is 235 Å². The number of ether oxygens (including phenoxy) is 4. The molecule has 4 aliphatic rings. The number of rotatable bonds is 3. The molecule has 2 N–H and O–H groups in total. The van der Waals surface area contributed by atoms with Gasteiger partial charge < -0.3 is 29.2 Å². The highest BCUT2D eigenvalue weighted by molar-refractivity contribution is 5.88. The van der Waals surface area contributed by atoms with E-state index in [1.54, 1.807) is 6.92 Å². The minimum atomic E-state index is -1.99. The lowest BCUT2D eigenvalue weighted by Gasteiger charge is -2.72. The molecule has 40 heavy (non-hydrogen) atoms. The number of esters is 4. The van der Waals surface area contributed by atoms with Crippen LogP contribution >= 0.6 is 0 Å². The molecule has 0 radical (unpaired) electrons. The SMILES string of the molecule is C=C1C[C@@H]2[C@@]3(C)CC[C@H](O)C(C)(C)[C@@H]3[C@@H](OC(C)=O)[C@H](OC(C)=O)[C@@]2(C)[C@@H]2C(=O)O[C@@](C)(C(=O)OC)[C@H](O)[C@@]12C. The molecule has 0 bridgehead atoms. The van der Waals surface area contributed by atoms with Gasteiger partial charge in [0, 0.05) is 30.6 Å². The van der Waals surface area contributed by atoms with E-state index in [0.717, 1.165) is 7.11 Å². The van der Waals surface area contributed by atoms with Crippen molar-refractivity contribution in [1.82, 2.24) is 0 Å². The van der Waals surface area contributed by atoms with Crippen molar-refractivity contribution in [2.75, 3.05) is 7.11 Å². The van der Waals surface area contributed by atoms with E-state index in [1.807, 2.05) is 20.8 Å². The van der Waals surface area contributed by atoms with Crippen LogP contribution in [0.3, 0.4) is 0 Å². The number of hydrogen-bond acceptors (Lipinski definition) is 10. The maximum atomic E-state index is 14.2. The molecular formula is C30H44O10. The number of aliphatic hydroxyl groups is 2. The molecular weight excluding hydrogens is 520 g/mol. The second kappa shape index (κ2) is 9.28. The van der Waals surface area contributed by atoms with Gasteiger partial charge in [-0.25, -0.2) is 4.79 Å². The molecule has 0 aromatic carbocycles. The van der Waals surface area contributed by atoms with E-state index in [9.17, 15) is 29.4 Å². The van der Waals surface area contributed by atoms with Gasteiger partial charge >= 0.3 is 23.9 Å². The third kappa shape index (κ3) is 3.74. The van der Waals surface area contributed by atoms with Crippen molar-refractivity contribution in [3.63, 3.8) is 0 Å². The summed E-state index contributed by atoms with van der Waals surface area (Å²) in [7, 11) is 1.15. The summed E-state index contributed by atoms with van der Waals surface area (Å²) in [5, 5.41) is 23.0. The van der Waals surface area contributed by atoms with Gasteiger partial charge in [0.25, 0.3) is 0 Å². The van der Waals surface area contributed by atoms with Gasteiger partial charge in [-0.3, -0.25) is 14.4 Å². The fourth-order valence-electron chi connectivity index (χ4n) is 9.59. The van der Waals surface area contributed by atoms with Crippen LogP contribution in [0.2, 0.25) is 0 Å². The lowest BCUT2D eigenvalue weighted by Crippen LogP contribution is -2.78. The molecule has 0 spiro atoms. The molecule has 4 rings (SSSR count). The predicted octanol–water partition coefficient (Wildman–Crippen LogP) is 2.72. The average molecular weight is 565 g/mol. The molecule has 3 saturated carbocycles. The Morgan fingerprint density at radius 1 is 1.00 bits per heavy atom. The summed E-state index contributed by atoms with van der Waals surface area (Å²) in [6.07, 6.45) is -2.98. The second-order valence-corrected chi connectivity index (χ2v) is 13.8. The summed E-state index contributed by atoms with van der Waals surface area (Å²) in [5.41, 5.74) is -5.38. The molecule has 0 amide bonds. The lowest BCUT2D eigenvalue weighted by atomic mass is 9.34. The zero-order chi connectivity index (χ0) is 30.4. The van der Waals surface area contributed by atoms with Crippen LogP contribution in [0.5, 0.6) is 0 Å². The monoisotopic (exact) mass is 564 g/mol. The van der Waals surface area contributed by atoms with Crippen LogP contribution in [-0.4, -0.2) is 71.2 Å². The molecule has 0 unspecified atom stereocenters. The van der Waals surface area contributed by atoms with E-state index in [0.29, 0.717) is 24.8 Å². The fraction of sp³-hybridized carbons (Fsp3) is 0.800. The summed E-state index contributed by atoms with van der Waals surface area (Å²) < 4.78 is 22.7. The van der Waals surface area contributed by atoms with E-state index in [4.69, 9.17) is 18.9 Å². The molecule has 10 nitrogen and oxygen atoms in total. The number of aliphatic hydroxyl groups excluding tert-OH is 2. The molecule has 0 aromatic heterocycles. The van der Waals surface area contributed by atoms with Gasteiger partial charge in [-0.15, -0.1) is 0 Å². The first-order valence-corrected chi connectivity index (χ1v) is 14.0. The summed E-state index contributed by atoms with van der Waals surface area (Å²) in [4.78, 5) is 52.2. The van der Waals surface area contributed by atoms with Gasteiger partial charge in [-0.05, 0) is 42.9 Å². The third-order valence-electron chi connectivity index (χ3n) is 11.4. The van der Waals surface area contributed by atoms with Crippen molar-refractivity contribution in [2.45, 2.75) is 105 Å². The third-order valence-corrected chi connectivity index (χ3v) is 11.4. The Kier molecular flexibility index (Phi) is 7.07. The summed E-state index contributed by atoms with van der Waals surface area (Å²) in [6, 6.07) is 0.